The minimum atomic E-state index is -0.228. The molecule has 2 aliphatic rings. The van der Waals surface area contributed by atoms with Crippen LogP contribution >= 0.6 is 0 Å². The van der Waals surface area contributed by atoms with Crippen molar-refractivity contribution in [3.05, 3.63) is 0 Å². The molecule has 1 amide bonds. The molecule has 5 heteroatoms. The molecule has 2 fully saturated rings. The standard InChI is InChI=1S/C12H23N3O2/c16-11-3-1-2-10(8-11)14-12(17)9-15-6-4-13-5-7-15/h10-11,13,16H,1-9H2,(H,14,17). The van der Waals surface area contributed by atoms with Crippen molar-refractivity contribution in [2.75, 3.05) is 32.7 Å². The second-order valence-electron chi connectivity index (χ2n) is 5.11. The lowest BCUT2D eigenvalue weighted by Gasteiger charge is -2.29. The van der Waals surface area contributed by atoms with Crippen LogP contribution in [-0.4, -0.2) is 60.8 Å². The first-order valence-corrected chi connectivity index (χ1v) is 6.64. The molecule has 1 aliphatic carbocycles. The Kier molecular flexibility index (Phi) is 4.76. The average molecular weight is 241 g/mol. The molecule has 0 aromatic carbocycles. The fraction of sp³-hybridized carbons (Fsp3) is 0.917. The zero-order valence-corrected chi connectivity index (χ0v) is 10.3. The summed E-state index contributed by atoms with van der Waals surface area (Å²) in [7, 11) is 0. The first kappa shape index (κ1) is 12.8. The van der Waals surface area contributed by atoms with Gasteiger partial charge in [-0.15, -0.1) is 0 Å². The van der Waals surface area contributed by atoms with Gasteiger partial charge in [0.05, 0.1) is 12.6 Å². The van der Waals surface area contributed by atoms with E-state index >= 15 is 0 Å². The third-order valence-corrected chi connectivity index (χ3v) is 3.59. The minimum Gasteiger partial charge on any atom is -0.393 e. The molecule has 1 aliphatic heterocycles. The monoisotopic (exact) mass is 241 g/mol. The van der Waals surface area contributed by atoms with Crippen molar-refractivity contribution in [1.82, 2.24) is 15.5 Å². The molecular weight excluding hydrogens is 218 g/mol. The lowest BCUT2D eigenvalue weighted by molar-refractivity contribution is -0.123. The molecule has 2 atom stereocenters. The van der Waals surface area contributed by atoms with Crippen LogP contribution in [0.25, 0.3) is 0 Å². The van der Waals surface area contributed by atoms with Crippen molar-refractivity contribution in [2.45, 2.75) is 37.8 Å². The van der Waals surface area contributed by atoms with Crippen molar-refractivity contribution in [2.24, 2.45) is 0 Å². The summed E-state index contributed by atoms with van der Waals surface area (Å²) in [6, 6.07) is 0.175. The molecule has 0 bridgehead atoms. The molecule has 0 aromatic heterocycles. The minimum absolute atomic E-state index is 0.103. The van der Waals surface area contributed by atoms with Crippen LogP contribution < -0.4 is 10.6 Å². The number of nitrogens with zero attached hydrogens (tertiary/aromatic N) is 1. The summed E-state index contributed by atoms with van der Waals surface area (Å²) in [5.74, 6) is 0.103. The number of aliphatic hydroxyl groups excluding tert-OH is 1. The van der Waals surface area contributed by atoms with Gasteiger partial charge in [-0.2, -0.15) is 0 Å². The number of carbonyl (C=O) groups excluding carboxylic acids is 1. The Bertz CT molecular complexity index is 254. The van der Waals surface area contributed by atoms with E-state index in [0.29, 0.717) is 13.0 Å². The van der Waals surface area contributed by atoms with Crippen LogP contribution in [0.4, 0.5) is 0 Å². The number of nitrogens with one attached hydrogen (secondary N) is 2. The normalized spacial score (nSPS) is 31.1. The fourth-order valence-corrected chi connectivity index (χ4v) is 2.64. The summed E-state index contributed by atoms with van der Waals surface area (Å²) >= 11 is 0. The Morgan fingerprint density at radius 3 is 2.82 bits per heavy atom. The van der Waals surface area contributed by atoms with Crippen LogP contribution in [-0.2, 0) is 4.79 Å². The van der Waals surface area contributed by atoms with E-state index in [-0.39, 0.29) is 18.1 Å². The summed E-state index contributed by atoms with van der Waals surface area (Å²) in [4.78, 5) is 14.0. The van der Waals surface area contributed by atoms with Gasteiger partial charge >= 0.3 is 0 Å². The van der Waals surface area contributed by atoms with Crippen molar-refractivity contribution < 1.29 is 9.90 Å². The van der Waals surface area contributed by atoms with E-state index in [4.69, 9.17) is 0 Å². The fourth-order valence-electron chi connectivity index (χ4n) is 2.64. The van der Waals surface area contributed by atoms with Gasteiger partial charge < -0.3 is 15.7 Å². The number of rotatable bonds is 3. The Labute approximate surface area is 103 Å². The molecule has 0 aromatic rings. The third kappa shape index (κ3) is 4.26. The predicted octanol–water partition coefficient (Wildman–Crippen LogP) is -0.689. The van der Waals surface area contributed by atoms with Gasteiger partial charge in [-0.3, -0.25) is 9.69 Å². The first-order chi connectivity index (χ1) is 8.24. The van der Waals surface area contributed by atoms with E-state index in [0.717, 1.165) is 45.4 Å². The summed E-state index contributed by atoms with van der Waals surface area (Å²) in [5.41, 5.74) is 0. The number of aliphatic hydroxyl groups is 1. The second kappa shape index (κ2) is 6.33. The first-order valence-electron chi connectivity index (χ1n) is 6.64. The highest BCUT2D eigenvalue weighted by atomic mass is 16.3. The van der Waals surface area contributed by atoms with Gasteiger partial charge in [-0.1, -0.05) is 0 Å². The lowest BCUT2D eigenvalue weighted by Crippen LogP contribution is -2.49. The Morgan fingerprint density at radius 1 is 1.35 bits per heavy atom. The smallest absolute Gasteiger partial charge is 0.234 e. The SMILES string of the molecule is O=C(CN1CCNCC1)NC1CCCC(O)C1. The van der Waals surface area contributed by atoms with E-state index in [9.17, 15) is 9.90 Å². The molecule has 0 spiro atoms. The van der Waals surface area contributed by atoms with E-state index < -0.39 is 0 Å². The third-order valence-electron chi connectivity index (χ3n) is 3.59. The summed E-state index contributed by atoms with van der Waals surface area (Å²) in [6.07, 6.45) is 3.38. The highest BCUT2D eigenvalue weighted by Crippen LogP contribution is 2.18. The maximum absolute atomic E-state index is 11.8. The second-order valence-corrected chi connectivity index (χ2v) is 5.11. The van der Waals surface area contributed by atoms with Crippen LogP contribution in [0.2, 0.25) is 0 Å². The van der Waals surface area contributed by atoms with Crippen LogP contribution in [0.3, 0.4) is 0 Å². The molecule has 0 radical (unpaired) electrons. The number of hydrogen-bond acceptors (Lipinski definition) is 4. The van der Waals surface area contributed by atoms with E-state index in [1.165, 1.54) is 0 Å². The average Bonchev–Trinajstić information content (AvgIpc) is 2.30. The zero-order valence-electron chi connectivity index (χ0n) is 10.3. The van der Waals surface area contributed by atoms with Crippen LogP contribution in [0.5, 0.6) is 0 Å². The van der Waals surface area contributed by atoms with Gasteiger partial charge in [0, 0.05) is 32.2 Å². The summed E-state index contributed by atoms with van der Waals surface area (Å²) in [6.45, 7) is 4.32. The maximum atomic E-state index is 11.8. The van der Waals surface area contributed by atoms with Crippen LogP contribution in [0.1, 0.15) is 25.7 Å². The van der Waals surface area contributed by atoms with Gasteiger partial charge in [-0.25, -0.2) is 0 Å². The van der Waals surface area contributed by atoms with Gasteiger partial charge in [0.15, 0.2) is 0 Å². The molecule has 2 rings (SSSR count). The van der Waals surface area contributed by atoms with Crippen molar-refractivity contribution in [3.8, 4) is 0 Å². The van der Waals surface area contributed by atoms with Crippen LogP contribution in [0, 0.1) is 0 Å². The lowest BCUT2D eigenvalue weighted by atomic mass is 9.93. The number of amides is 1. The quantitative estimate of drug-likeness (QED) is 0.612. The molecule has 2 unspecified atom stereocenters. The van der Waals surface area contributed by atoms with Crippen molar-refractivity contribution in [1.29, 1.82) is 0 Å². The molecule has 1 heterocycles. The van der Waals surface area contributed by atoms with E-state index in [2.05, 4.69) is 15.5 Å². The Hall–Kier alpha value is -0.650. The zero-order chi connectivity index (χ0) is 12.1. The van der Waals surface area contributed by atoms with Crippen molar-refractivity contribution >= 4 is 5.91 Å². The molecule has 98 valence electrons. The number of carbonyl (C=O) groups is 1. The molecule has 5 nitrogen and oxygen atoms in total. The molecule has 1 saturated heterocycles. The maximum Gasteiger partial charge on any atom is 0.234 e. The highest BCUT2D eigenvalue weighted by molar-refractivity contribution is 5.78. The van der Waals surface area contributed by atoms with E-state index in [1.807, 2.05) is 0 Å². The summed E-state index contributed by atoms with van der Waals surface area (Å²) in [5, 5.41) is 15.8. The van der Waals surface area contributed by atoms with Crippen LogP contribution in [0.15, 0.2) is 0 Å². The van der Waals surface area contributed by atoms with Gasteiger partial charge in [-0.05, 0) is 25.7 Å². The molecule has 17 heavy (non-hydrogen) atoms. The Balaban J connectivity index is 1.68. The topological polar surface area (TPSA) is 64.6 Å². The number of hydrogen-bond donors (Lipinski definition) is 3. The highest BCUT2D eigenvalue weighted by Gasteiger charge is 2.22. The van der Waals surface area contributed by atoms with Crippen molar-refractivity contribution in [3.63, 3.8) is 0 Å². The largest absolute Gasteiger partial charge is 0.393 e. The van der Waals surface area contributed by atoms with Gasteiger partial charge in [0.2, 0.25) is 5.91 Å². The molecule has 1 saturated carbocycles. The Morgan fingerprint density at radius 2 is 2.12 bits per heavy atom. The van der Waals surface area contributed by atoms with Gasteiger partial charge in [0.1, 0.15) is 0 Å². The predicted molar refractivity (Wildman–Crippen MR) is 65.7 cm³/mol. The molecule has 3 N–H and O–H groups in total. The van der Waals surface area contributed by atoms with Gasteiger partial charge in [0.25, 0.3) is 0 Å². The molecular formula is C12H23N3O2. The summed E-state index contributed by atoms with van der Waals surface area (Å²) < 4.78 is 0. The van der Waals surface area contributed by atoms with E-state index in [1.54, 1.807) is 0 Å². The number of piperazine rings is 1.